The molecular formula is C57H40N12. The second-order valence-electron chi connectivity index (χ2n) is 17.2. The summed E-state index contributed by atoms with van der Waals surface area (Å²) < 4.78 is 6.74. The first-order chi connectivity index (χ1) is 34.1. The predicted molar refractivity (Wildman–Crippen MR) is 279 cm³/mol. The molecular weight excluding hydrogens is 853 g/mol. The molecule has 0 spiro atoms. The molecule has 0 unspecified atom stereocenters. The molecule has 0 saturated heterocycles. The van der Waals surface area contributed by atoms with Crippen LogP contribution in [0.2, 0.25) is 0 Å². The van der Waals surface area contributed by atoms with Crippen molar-refractivity contribution in [3.05, 3.63) is 181 Å². The third kappa shape index (κ3) is 5.16. The molecule has 0 radical (unpaired) electrons. The van der Waals surface area contributed by atoms with Crippen LogP contribution >= 0.6 is 0 Å². The van der Waals surface area contributed by atoms with Crippen molar-refractivity contribution in [3.63, 3.8) is 0 Å². The maximum absolute atomic E-state index is 5.59. The number of rotatable bonds is 3. The van der Waals surface area contributed by atoms with E-state index in [1.807, 2.05) is 69.7 Å². The maximum atomic E-state index is 5.59. The van der Waals surface area contributed by atoms with Gasteiger partial charge in [-0.1, -0.05) is 91.5 Å². The third-order valence-electron chi connectivity index (χ3n) is 13.6. The summed E-state index contributed by atoms with van der Waals surface area (Å²) in [6, 6.07) is 48.3. The molecule has 0 fully saturated rings. The minimum absolute atomic E-state index is 0.424. The molecule has 0 N–H and O–H groups in total. The van der Waals surface area contributed by atoms with Crippen molar-refractivity contribution in [2.24, 2.45) is 0 Å². The fraction of sp³-hybridized carbons (Fsp3) is 0.0526. The predicted octanol–water partition coefficient (Wildman–Crippen LogP) is 12.3. The van der Waals surface area contributed by atoms with Crippen LogP contribution in [0, 0.1) is 0 Å². The highest BCUT2D eigenvalue weighted by atomic mass is 15.4. The monoisotopic (exact) mass is 892 g/mol. The molecule has 10 heterocycles. The van der Waals surface area contributed by atoms with Gasteiger partial charge in [-0.05, 0) is 93.6 Å². The first kappa shape index (κ1) is 38.8. The number of hydrogen-bond donors (Lipinski definition) is 0. The fourth-order valence-corrected chi connectivity index (χ4v) is 10.8. The van der Waals surface area contributed by atoms with Crippen LogP contribution in [0.5, 0.6) is 0 Å². The van der Waals surface area contributed by atoms with Crippen molar-refractivity contribution in [3.8, 4) is 17.3 Å². The van der Waals surface area contributed by atoms with E-state index in [9.17, 15) is 0 Å². The minimum Gasteiger partial charge on any atom is -0.290 e. The van der Waals surface area contributed by atoms with Gasteiger partial charge in [-0.15, -0.1) is 0 Å². The third-order valence-corrected chi connectivity index (χ3v) is 13.6. The quantitative estimate of drug-likeness (QED) is 0.160. The number of hydrogen-bond acceptors (Lipinski definition) is 9. The van der Waals surface area contributed by atoms with E-state index in [0.717, 1.165) is 117 Å². The van der Waals surface area contributed by atoms with Crippen LogP contribution in [-0.2, 0) is 0 Å². The zero-order valence-electron chi connectivity index (χ0n) is 37.8. The lowest BCUT2D eigenvalue weighted by Crippen LogP contribution is -2.31. The molecule has 0 saturated carbocycles. The standard InChI is InChI=1S/C53H32N12.C4H8/c1-3-36-30(2)31-15-8-22-40-45(31)63(36)49-43(25-12-28-55-49)61(40)52-57-51(60-38-20-6-7-21-39(38)65-47-34(17-10-23-41(47)60)35-18-11-27-54-48(35)65)58-53(59-52)62-42-24-9-16-33-32-14-4-5-19-37(32)64(46(33)42)50-44(62)26-13-29-56-50;1-3-4-2/h3-29H,2H2,1H3;3-4H,1-2H3/b36-3+;4-3-. The summed E-state index contributed by atoms with van der Waals surface area (Å²) in [6.07, 6.45) is 11.6. The Hall–Kier alpha value is -9.42. The molecule has 12 aromatic rings. The van der Waals surface area contributed by atoms with Crippen molar-refractivity contribution >= 4 is 119 Å². The molecule has 69 heavy (non-hydrogen) atoms. The Morgan fingerprint density at radius 1 is 0.391 bits per heavy atom. The molecule has 328 valence electrons. The van der Waals surface area contributed by atoms with Gasteiger partial charge in [0.05, 0.1) is 67.2 Å². The number of para-hydroxylation sites is 6. The van der Waals surface area contributed by atoms with Crippen LogP contribution in [0.15, 0.2) is 170 Å². The molecule has 3 aliphatic rings. The average molecular weight is 893 g/mol. The van der Waals surface area contributed by atoms with E-state index < -0.39 is 0 Å². The first-order valence-corrected chi connectivity index (χ1v) is 23.0. The average Bonchev–Trinajstić information content (AvgIpc) is 4.04. The largest absolute Gasteiger partial charge is 0.290 e. The topological polar surface area (TPSA) is 102 Å². The second-order valence-corrected chi connectivity index (χ2v) is 17.2. The van der Waals surface area contributed by atoms with Crippen molar-refractivity contribution in [2.75, 3.05) is 14.7 Å². The summed E-state index contributed by atoms with van der Waals surface area (Å²) in [4.78, 5) is 38.2. The normalized spacial score (nSPS) is 13.4. The maximum Gasteiger partial charge on any atom is 0.241 e. The van der Waals surface area contributed by atoms with Gasteiger partial charge in [-0.25, -0.2) is 15.0 Å². The molecule has 0 atom stereocenters. The summed E-state index contributed by atoms with van der Waals surface area (Å²) in [5.41, 5.74) is 11.3. The lowest BCUT2D eigenvalue weighted by Gasteiger charge is -2.35. The van der Waals surface area contributed by atoms with Gasteiger partial charge in [0.25, 0.3) is 0 Å². The Morgan fingerprint density at radius 2 is 0.841 bits per heavy atom. The number of aromatic nitrogens is 9. The number of anilines is 9. The smallest absolute Gasteiger partial charge is 0.241 e. The number of nitrogens with zero attached hydrogens (tertiary/aromatic N) is 12. The van der Waals surface area contributed by atoms with Gasteiger partial charge in [0.2, 0.25) is 17.8 Å². The molecule has 3 aliphatic heterocycles. The summed E-state index contributed by atoms with van der Waals surface area (Å²) >= 11 is 0. The van der Waals surface area contributed by atoms with E-state index in [4.69, 9.17) is 29.9 Å². The molecule has 5 aromatic carbocycles. The van der Waals surface area contributed by atoms with Crippen LogP contribution in [0.25, 0.3) is 84.6 Å². The highest BCUT2D eigenvalue weighted by molar-refractivity contribution is 6.17. The fourth-order valence-electron chi connectivity index (χ4n) is 10.8. The van der Waals surface area contributed by atoms with E-state index in [1.54, 1.807) is 0 Å². The number of allylic oxidation sites excluding steroid dienone is 2. The summed E-state index contributed by atoms with van der Waals surface area (Å²) in [7, 11) is 0. The highest BCUT2D eigenvalue weighted by Gasteiger charge is 2.37. The summed E-state index contributed by atoms with van der Waals surface area (Å²) in [5.74, 6) is 2.84. The van der Waals surface area contributed by atoms with Crippen molar-refractivity contribution in [1.29, 1.82) is 0 Å². The SMILES string of the molecule is C/C=C\C.C=c1/c(=C\C)n2c3c(cccc13)N(c1nc(N3c4cccnc4-n4c5ccccc5c5cccc3c54)nc(N3c4ccccc4-n4c5ncccc5c5cccc3c54)n1)c1cccnc1-2. The summed E-state index contributed by atoms with van der Waals surface area (Å²) in [6.45, 7) is 10.6. The zero-order valence-corrected chi connectivity index (χ0v) is 37.8. The molecule has 0 amide bonds. The number of benzene rings is 5. The van der Waals surface area contributed by atoms with Crippen molar-refractivity contribution in [2.45, 2.75) is 20.8 Å². The van der Waals surface area contributed by atoms with Crippen molar-refractivity contribution < 1.29 is 0 Å². The second kappa shape index (κ2) is 14.5. The Balaban J connectivity index is 0.00000108. The van der Waals surface area contributed by atoms with Gasteiger partial charge in [-0.3, -0.25) is 28.4 Å². The van der Waals surface area contributed by atoms with E-state index in [2.05, 4.69) is 162 Å². The molecule has 7 aromatic heterocycles. The highest BCUT2D eigenvalue weighted by Crippen LogP contribution is 2.52. The molecule has 12 nitrogen and oxygen atoms in total. The Morgan fingerprint density at radius 3 is 1.48 bits per heavy atom. The van der Waals surface area contributed by atoms with E-state index in [1.165, 1.54) is 0 Å². The lowest BCUT2D eigenvalue weighted by molar-refractivity contribution is 0.922. The molecule has 15 rings (SSSR count). The first-order valence-electron chi connectivity index (χ1n) is 23.0. The Labute approximate surface area is 395 Å². The Kier molecular flexibility index (Phi) is 8.18. The Bertz CT molecular complexity index is 4120. The van der Waals surface area contributed by atoms with Gasteiger partial charge >= 0.3 is 0 Å². The lowest BCUT2D eigenvalue weighted by atomic mass is 10.1. The summed E-state index contributed by atoms with van der Waals surface area (Å²) in [5, 5.41) is 7.37. The van der Waals surface area contributed by atoms with E-state index in [0.29, 0.717) is 17.8 Å². The zero-order chi connectivity index (χ0) is 46.1. The van der Waals surface area contributed by atoms with Gasteiger partial charge < -0.3 is 0 Å². The van der Waals surface area contributed by atoms with Gasteiger partial charge in [0.1, 0.15) is 5.65 Å². The van der Waals surface area contributed by atoms with Gasteiger partial charge in [0, 0.05) is 50.7 Å². The van der Waals surface area contributed by atoms with Crippen LogP contribution in [0.3, 0.4) is 0 Å². The molecule has 12 heteroatoms. The van der Waals surface area contributed by atoms with Gasteiger partial charge in [-0.2, -0.15) is 15.0 Å². The molecule has 0 aliphatic carbocycles. The van der Waals surface area contributed by atoms with E-state index >= 15 is 0 Å². The van der Waals surface area contributed by atoms with Crippen LogP contribution in [0.1, 0.15) is 20.8 Å². The van der Waals surface area contributed by atoms with E-state index in [-0.39, 0.29) is 0 Å². The van der Waals surface area contributed by atoms with Crippen LogP contribution < -0.4 is 25.3 Å². The van der Waals surface area contributed by atoms with Crippen molar-refractivity contribution in [1.82, 2.24) is 43.6 Å². The number of fused-ring (bicyclic) bond motifs is 12. The van der Waals surface area contributed by atoms with Gasteiger partial charge in [0.15, 0.2) is 11.6 Å². The number of pyridine rings is 3. The van der Waals surface area contributed by atoms with Crippen LogP contribution in [0.4, 0.5) is 52.0 Å². The molecule has 0 bridgehead atoms. The van der Waals surface area contributed by atoms with Crippen LogP contribution in [-0.4, -0.2) is 43.6 Å². The minimum atomic E-state index is 0.424.